The number of fused-ring (bicyclic) bond motifs is 1. The van der Waals surface area contributed by atoms with Crippen LogP contribution < -0.4 is 31.8 Å². The van der Waals surface area contributed by atoms with Crippen LogP contribution in [-0.4, -0.2) is 76.1 Å². The molecule has 60 heavy (non-hydrogen) atoms. The molecule has 6 rings (SSSR count). The minimum atomic E-state index is -5.23. The second kappa shape index (κ2) is 16.3. The number of allylic oxidation sites excluding steroid dienone is 4. The minimum Gasteiger partial charge on any atom is -0.494 e. The number of ether oxygens (including phenoxy) is 2. The summed E-state index contributed by atoms with van der Waals surface area (Å²) in [6.45, 7) is 0. The summed E-state index contributed by atoms with van der Waals surface area (Å²) in [5, 5.41) is 16.0. The summed E-state index contributed by atoms with van der Waals surface area (Å²) in [5.41, 5.74) is 16.3. The first kappa shape index (κ1) is 42.5. The number of benzene rings is 4. The maximum Gasteiger partial charge on any atom is 0.296 e. The van der Waals surface area contributed by atoms with Crippen LogP contribution in [-0.2, 0) is 35.1 Å². The van der Waals surface area contributed by atoms with Crippen molar-refractivity contribution in [3.8, 4) is 22.6 Å². The molecule has 0 aliphatic heterocycles. The number of methoxy groups -OCH3 is 2. The smallest absolute Gasteiger partial charge is 0.296 e. The Hall–Kier alpha value is -7.09. The number of anilines is 3. The lowest BCUT2D eigenvalue weighted by Gasteiger charge is -2.20. The average molecular weight is 879 g/mol. The summed E-state index contributed by atoms with van der Waals surface area (Å²) < 4.78 is 113. The van der Waals surface area contributed by atoms with Crippen LogP contribution in [0.25, 0.3) is 17.2 Å². The van der Waals surface area contributed by atoms with Gasteiger partial charge in [-0.1, -0.05) is 12.1 Å². The van der Waals surface area contributed by atoms with Gasteiger partial charge in [-0.3, -0.25) is 34.1 Å². The molecule has 0 spiro atoms. The number of nitrogens with zero attached hydrogens (tertiary/aromatic N) is 4. The topological polar surface area (TPSA) is 341 Å². The summed E-state index contributed by atoms with van der Waals surface area (Å²) >= 11 is 0. The third-order valence-corrected chi connectivity index (χ3v) is 11.2. The Labute approximate surface area is 340 Å². The highest BCUT2D eigenvalue weighted by atomic mass is 32.2. The molecule has 0 atom stereocenters. The van der Waals surface area contributed by atoms with E-state index in [1.165, 1.54) is 38.5 Å². The van der Waals surface area contributed by atoms with Crippen molar-refractivity contribution in [3.63, 3.8) is 0 Å². The molecule has 21 nitrogen and oxygen atoms in total. The van der Waals surface area contributed by atoms with Crippen LogP contribution >= 0.6 is 0 Å². The van der Waals surface area contributed by atoms with Gasteiger partial charge in [-0.25, -0.2) is 0 Å². The van der Waals surface area contributed by atoms with Crippen LogP contribution in [0.5, 0.6) is 11.5 Å². The maximum absolute atomic E-state index is 13.8. The number of nitrogens with two attached hydrogens (primary N) is 2. The number of nitrogens with one attached hydrogen (secondary N) is 2. The van der Waals surface area contributed by atoms with Gasteiger partial charge in [0.2, 0.25) is 5.78 Å². The minimum absolute atomic E-state index is 0.00247. The fourth-order valence-corrected chi connectivity index (χ4v) is 7.49. The zero-order chi connectivity index (χ0) is 43.7. The van der Waals surface area contributed by atoms with Crippen molar-refractivity contribution in [1.29, 1.82) is 0 Å². The number of hydrazone groups is 2. The second-order valence-electron chi connectivity index (χ2n) is 12.4. The SMILES string of the molecule is COc1cc(-c2ccc(N/N=C3\C=CC(=O)C=C3N)c(OC)c2)ccc1N=Nc1c(S(=O)(=O)O)cc2c(c1N)C(=O)/C(=N/Nc1ccc(S(=O)(=O)O)cc1)C(S(=O)(=O)O)=C2. The van der Waals surface area contributed by atoms with E-state index in [9.17, 15) is 48.5 Å². The molecule has 310 valence electrons. The molecule has 24 heteroatoms. The number of hydrogen-bond donors (Lipinski definition) is 7. The molecule has 0 fully saturated rings. The molecule has 0 bridgehead atoms. The van der Waals surface area contributed by atoms with Crippen molar-refractivity contribution < 1.29 is 58.0 Å². The fourth-order valence-electron chi connectivity index (χ4n) is 5.68. The first-order chi connectivity index (χ1) is 28.2. The van der Waals surface area contributed by atoms with Crippen molar-refractivity contribution in [2.45, 2.75) is 9.79 Å². The number of nitrogen functional groups attached to an aromatic ring is 1. The van der Waals surface area contributed by atoms with Gasteiger partial charge in [0.05, 0.1) is 47.4 Å². The van der Waals surface area contributed by atoms with Gasteiger partial charge in [0.15, 0.2) is 11.5 Å². The molecular formula is C36H30N8O13S3. The van der Waals surface area contributed by atoms with Gasteiger partial charge in [-0.15, -0.1) is 10.2 Å². The summed E-state index contributed by atoms with van der Waals surface area (Å²) in [7, 11) is -12.2. The van der Waals surface area contributed by atoms with Crippen LogP contribution in [0.1, 0.15) is 15.9 Å². The molecule has 0 heterocycles. The number of hydrogen-bond acceptors (Lipinski definition) is 18. The van der Waals surface area contributed by atoms with Gasteiger partial charge in [0.1, 0.15) is 38.4 Å². The normalized spacial score (nSPS) is 15.8. The Bertz CT molecular complexity index is 3030. The highest BCUT2D eigenvalue weighted by Crippen LogP contribution is 2.42. The first-order valence-electron chi connectivity index (χ1n) is 16.6. The Morgan fingerprint density at radius 1 is 0.683 bits per heavy atom. The number of Topliss-reactive ketones (excluding diaryl/α,β-unsaturated/α-hetero) is 1. The van der Waals surface area contributed by atoms with Gasteiger partial charge < -0.3 is 20.9 Å². The van der Waals surface area contributed by atoms with Crippen molar-refractivity contribution >= 4 is 87.9 Å². The van der Waals surface area contributed by atoms with Crippen LogP contribution in [0.3, 0.4) is 0 Å². The van der Waals surface area contributed by atoms with Gasteiger partial charge in [-0.05, 0) is 89.5 Å². The Balaban J connectivity index is 1.35. The molecule has 0 aromatic heterocycles. The van der Waals surface area contributed by atoms with Crippen molar-refractivity contribution in [2.75, 3.05) is 30.8 Å². The number of carbonyl (C=O) groups excluding carboxylic acids is 2. The highest BCUT2D eigenvalue weighted by molar-refractivity contribution is 7.91. The quantitative estimate of drug-likeness (QED) is 0.0338. The fraction of sp³-hybridized carbons (Fsp3) is 0.0556. The number of ketones is 2. The molecular weight excluding hydrogens is 849 g/mol. The summed E-state index contributed by atoms with van der Waals surface area (Å²) in [6.07, 6.45) is 4.72. The molecule has 0 radical (unpaired) electrons. The molecule has 0 amide bonds. The van der Waals surface area contributed by atoms with E-state index in [0.717, 1.165) is 24.3 Å². The van der Waals surface area contributed by atoms with Crippen molar-refractivity contribution in [2.24, 2.45) is 26.2 Å². The van der Waals surface area contributed by atoms with Gasteiger partial charge >= 0.3 is 0 Å². The Morgan fingerprint density at radius 3 is 1.93 bits per heavy atom. The molecule has 4 aromatic carbocycles. The number of azo groups is 1. The summed E-state index contributed by atoms with van der Waals surface area (Å²) in [6, 6.07) is 14.7. The zero-order valence-corrected chi connectivity index (χ0v) is 33.2. The lowest BCUT2D eigenvalue weighted by atomic mass is 9.92. The third-order valence-electron chi connectivity index (χ3n) is 8.57. The van der Waals surface area contributed by atoms with Crippen LogP contribution in [0.2, 0.25) is 0 Å². The van der Waals surface area contributed by atoms with Gasteiger partial charge in [0.25, 0.3) is 30.4 Å². The van der Waals surface area contributed by atoms with E-state index in [2.05, 4.69) is 31.3 Å². The molecule has 0 saturated heterocycles. The van der Waals surface area contributed by atoms with Gasteiger partial charge in [-0.2, -0.15) is 35.5 Å². The van der Waals surface area contributed by atoms with Crippen LogP contribution in [0.4, 0.5) is 28.4 Å². The summed E-state index contributed by atoms with van der Waals surface area (Å²) in [5.74, 6) is -1.01. The number of carbonyl (C=O) groups is 2. The summed E-state index contributed by atoms with van der Waals surface area (Å²) in [4.78, 5) is 22.8. The van der Waals surface area contributed by atoms with E-state index in [0.29, 0.717) is 40.4 Å². The Kier molecular flexibility index (Phi) is 11.5. The molecule has 4 aromatic rings. The molecule has 0 saturated carbocycles. The Morgan fingerprint density at radius 2 is 1.33 bits per heavy atom. The highest BCUT2D eigenvalue weighted by Gasteiger charge is 2.37. The monoisotopic (exact) mass is 878 g/mol. The number of rotatable bonds is 12. The van der Waals surface area contributed by atoms with Crippen LogP contribution in [0.15, 0.2) is 126 Å². The molecule has 0 unspecified atom stereocenters. The predicted molar refractivity (Wildman–Crippen MR) is 218 cm³/mol. The van der Waals surface area contributed by atoms with Gasteiger partial charge in [0, 0.05) is 6.08 Å². The molecule has 2 aliphatic rings. The zero-order valence-electron chi connectivity index (χ0n) is 30.8. The molecule has 2 aliphatic carbocycles. The average Bonchev–Trinajstić information content (AvgIpc) is 3.18. The lowest BCUT2D eigenvalue weighted by Crippen LogP contribution is -2.28. The van der Waals surface area contributed by atoms with E-state index < -0.39 is 79.0 Å². The van der Waals surface area contributed by atoms with E-state index in [1.54, 1.807) is 30.3 Å². The van der Waals surface area contributed by atoms with Crippen LogP contribution in [0, 0.1) is 0 Å². The van der Waals surface area contributed by atoms with Crippen molar-refractivity contribution in [3.05, 3.63) is 107 Å². The first-order valence-corrected chi connectivity index (χ1v) is 20.9. The van der Waals surface area contributed by atoms with E-state index in [-0.39, 0.29) is 28.6 Å². The third kappa shape index (κ3) is 8.97. The molecule has 9 N–H and O–H groups in total. The largest absolute Gasteiger partial charge is 0.494 e. The van der Waals surface area contributed by atoms with E-state index in [1.807, 2.05) is 0 Å². The van der Waals surface area contributed by atoms with Crippen molar-refractivity contribution in [1.82, 2.24) is 0 Å². The predicted octanol–water partition coefficient (Wildman–Crippen LogP) is 4.50. The standard InChI is InChI=1S/C36H30N8O13S3/c1-56-28-13-18(3-10-26(28)41-40-25-12-7-22(45)17-24(25)37)19-4-11-27(29(14-19)57-2)42-43-34-30(59(50,51)52)15-20-16-31(60(53,54)55)35(36(46)32(20)33(34)38)44-39-21-5-8-23(9-6-21)58(47,48)49/h3-17,39,41H,37-38H2,1-2H3,(H,47,48,49)(H,50,51,52)(H,53,54,55)/b40-25+,43-42?,44-35+. The van der Waals surface area contributed by atoms with E-state index in [4.69, 9.17) is 20.9 Å². The second-order valence-corrected chi connectivity index (χ2v) is 16.6. The van der Waals surface area contributed by atoms with E-state index >= 15 is 0 Å². The lowest BCUT2D eigenvalue weighted by molar-refractivity contribution is -0.110. The maximum atomic E-state index is 13.8.